The molecule has 160 valence electrons. The molecular formula is C24H25ClN4O2. The first-order valence-corrected chi connectivity index (χ1v) is 11.2. The monoisotopic (exact) mass is 436 g/mol. The van der Waals surface area contributed by atoms with Crippen LogP contribution in [0.3, 0.4) is 0 Å². The van der Waals surface area contributed by atoms with Crippen molar-refractivity contribution in [2.45, 2.75) is 45.3 Å². The fourth-order valence-electron chi connectivity index (χ4n) is 4.75. The number of halogens is 1. The maximum Gasteiger partial charge on any atom is 0.224 e. The van der Waals surface area contributed by atoms with Gasteiger partial charge >= 0.3 is 0 Å². The number of azo groups is 1. The minimum Gasteiger partial charge on any atom is -0.490 e. The van der Waals surface area contributed by atoms with Crippen molar-refractivity contribution in [3.8, 4) is 5.75 Å². The second-order valence-electron chi connectivity index (χ2n) is 8.29. The minimum absolute atomic E-state index is 0.0123. The number of carbonyl (C=O) groups is 1. The third kappa shape index (κ3) is 3.92. The highest BCUT2D eigenvalue weighted by atomic mass is 35.5. The first-order valence-electron chi connectivity index (χ1n) is 10.8. The minimum atomic E-state index is -0.0123. The van der Waals surface area contributed by atoms with Gasteiger partial charge in [-0.1, -0.05) is 29.8 Å². The number of rotatable bonds is 3. The van der Waals surface area contributed by atoms with Crippen LogP contribution in [0.4, 0.5) is 5.69 Å². The van der Waals surface area contributed by atoms with Crippen molar-refractivity contribution < 1.29 is 9.53 Å². The average Bonchev–Trinajstić information content (AvgIpc) is 3.03. The molecule has 1 amide bonds. The highest BCUT2D eigenvalue weighted by molar-refractivity contribution is 6.34. The number of benzene rings is 1. The van der Waals surface area contributed by atoms with E-state index in [9.17, 15) is 4.79 Å². The molecule has 1 aromatic carbocycles. The molecule has 2 aliphatic heterocycles. The Morgan fingerprint density at radius 2 is 1.97 bits per heavy atom. The van der Waals surface area contributed by atoms with Crippen LogP contribution in [0, 0.1) is 5.92 Å². The van der Waals surface area contributed by atoms with Crippen molar-refractivity contribution in [1.29, 1.82) is 0 Å². The largest absolute Gasteiger partial charge is 0.490 e. The summed E-state index contributed by atoms with van der Waals surface area (Å²) in [6, 6.07) is 10.0. The summed E-state index contributed by atoms with van der Waals surface area (Å²) < 4.78 is 6.15. The third-order valence-electron chi connectivity index (χ3n) is 6.27. The molecule has 1 saturated carbocycles. The van der Waals surface area contributed by atoms with Crippen LogP contribution >= 0.6 is 11.6 Å². The Kier molecular flexibility index (Phi) is 5.40. The van der Waals surface area contributed by atoms with Gasteiger partial charge in [0.2, 0.25) is 5.91 Å². The molecule has 31 heavy (non-hydrogen) atoms. The Labute approximate surface area is 186 Å². The van der Waals surface area contributed by atoms with Crippen molar-refractivity contribution in [3.05, 3.63) is 57.7 Å². The Balaban J connectivity index is 1.45. The summed E-state index contributed by atoms with van der Waals surface area (Å²) in [4.78, 5) is 17.6. The molecule has 2 aromatic rings. The maximum atomic E-state index is 12.3. The first kappa shape index (κ1) is 20.1. The van der Waals surface area contributed by atoms with Crippen LogP contribution in [-0.4, -0.2) is 23.5 Å². The number of carbonyl (C=O) groups excluding carboxylic acids is 1. The van der Waals surface area contributed by atoms with Crippen LogP contribution in [0.2, 0.25) is 0 Å². The molecule has 0 saturated heterocycles. The molecule has 0 spiro atoms. The lowest BCUT2D eigenvalue weighted by atomic mass is 9.84. The predicted molar refractivity (Wildman–Crippen MR) is 121 cm³/mol. The molecule has 1 fully saturated rings. The molecule has 5 rings (SSSR count). The van der Waals surface area contributed by atoms with Gasteiger partial charge in [-0.2, -0.15) is 10.2 Å². The Bertz CT molecular complexity index is 1170. The first-order chi connectivity index (χ1) is 15.1. The van der Waals surface area contributed by atoms with E-state index in [1.807, 2.05) is 42.5 Å². The van der Waals surface area contributed by atoms with E-state index in [4.69, 9.17) is 16.3 Å². The smallest absolute Gasteiger partial charge is 0.224 e. The number of H-pyrrole nitrogens is 1. The standard InChI is InChI=1S/C24H25ClN4O2/c1-15(30)29-12-11-17(25)13-21-24(29)20-14-26-28-22(23(20)27-21)16-7-9-19(10-8-16)31-18-5-3-2-4-6-18/h2-6,11,13,16,19,27H,7-10,12,14H2,1H3. The number of amides is 1. The molecule has 1 N–H and O–H groups in total. The van der Waals surface area contributed by atoms with Crippen molar-refractivity contribution >= 4 is 35.0 Å². The van der Waals surface area contributed by atoms with Gasteiger partial charge in [0.1, 0.15) is 5.75 Å². The van der Waals surface area contributed by atoms with E-state index in [1.165, 1.54) is 0 Å². The number of hydrogen-bond acceptors (Lipinski definition) is 4. The van der Waals surface area contributed by atoms with Gasteiger partial charge in [-0.25, -0.2) is 0 Å². The zero-order chi connectivity index (χ0) is 21.4. The molecule has 7 heteroatoms. The van der Waals surface area contributed by atoms with Gasteiger partial charge in [0, 0.05) is 30.0 Å². The van der Waals surface area contributed by atoms with Gasteiger partial charge in [-0.15, -0.1) is 0 Å². The quantitative estimate of drug-likeness (QED) is 0.790. The topological polar surface area (TPSA) is 70.0 Å². The Morgan fingerprint density at radius 1 is 1.19 bits per heavy atom. The second kappa shape index (κ2) is 8.35. The lowest BCUT2D eigenvalue weighted by Gasteiger charge is -2.29. The van der Waals surface area contributed by atoms with Crippen molar-refractivity contribution in [2.75, 3.05) is 11.4 Å². The number of aromatic amines is 1. The molecule has 0 bridgehead atoms. The summed E-state index contributed by atoms with van der Waals surface area (Å²) in [5.74, 6) is 1.23. The van der Waals surface area contributed by atoms with Gasteiger partial charge in [0.25, 0.3) is 0 Å². The van der Waals surface area contributed by atoms with E-state index >= 15 is 0 Å². The highest BCUT2D eigenvalue weighted by Crippen LogP contribution is 2.34. The van der Waals surface area contributed by atoms with Crippen LogP contribution in [0.5, 0.6) is 5.75 Å². The van der Waals surface area contributed by atoms with Crippen LogP contribution < -0.4 is 20.3 Å². The Morgan fingerprint density at radius 3 is 2.71 bits per heavy atom. The van der Waals surface area contributed by atoms with E-state index in [1.54, 1.807) is 11.8 Å². The molecular weight excluding hydrogens is 412 g/mol. The van der Waals surface area contributed by atoms with E-state index in [-0.39, 0.29) is 12.0 Å². The SMILES string of the molecule is CC(=O)N1CC=C(Cl)C=c2[nH]c3c(c21)CN=NC=3C1CCC(Oc2ccccc2)CC1. The molecule has 3 heterocycles. The van der Waals surface area contributed by atoms with Gasteiger partial charge in [-0.3, -0.25) is 4.79 Å². The summed E-state index contributed by atoms with van der Waals surface area (Å²) in [6.45, 7) is 2.50. The zero-order valence-corrected chi connectivity index (χ0v) is 18.2. The van der Waals surface area contributed by atoms with Gasteiger partial charge < -0.3 is 14.6 Å². The molecule has 3 aliphatic rings. The number of aromatic nitrogens is 1. The number of fused-ring (bicyclic) bond motifs is 3. The predicted octanol–water partition coefficient (Wildman–Crippen LogP) is 4.00. The van der Waals surface area contributed by atoms with Crippen molar-refractivity contribution in [3.63, 3.8) is 0 Å². The molecule has 0 atom stereocenters. The number of hydrogen-bond donors (Lipinski definition) is 1. The summed E-state index contributed by atoms with van der Waals surface area (Å²) in [6.07, 6.45) is 7.92. The van der Waals surface area contributed by atoms with E-state index in [0.29, 0.717) is 24.0 Å². The van der Waals surface area contributed by atoms with Crippen molar-refractivity contribution in [1.82, 2.24) is 4.98 Å². The zero-order valence-electron chi connectivity index (χ0n) is 17.5. The number of nitrogens with zero attached hydrogens (tertiary/aromatic N) is 3. The molecule has 6 nitrogen and oxygen atoms in total. The molecule has 0 unspecified atom stereocenters. The van der Waals surface area contributed by atoms with Crippen LogP contribution in [0.1, 0.15) is 38.2 Å². The summed E-state index contributed by atoms with van der Waals surface area (Å²) >= 11 is 6.33. The lowest BCUT2D eigenvalue weighted by molar-refractivity contribution is -0.116. The van der Waals surface area contributed by atoms with Gasteiger partial charge in [0.15, 0.2) is 0 Å². The molecule has 0 radical (unpaired) electrons. The van der Waals surface area contributed by atoms with Crippen LogP contribution in [0.15, 0.2) is 51.7 Å². The highest BCUT2D eigenvalue weighted by Gasteiger charge is 2.30. The third-order valence-corrected chi connectivity index (χ3v) is 6.54. The maximum absolute atomic E-state index is 12.3. The summed E-state index contributed by atoms with van der Waals surface area (Å²) in [7, 11) is 0. The van der Waals surface area contributed by atoms with Gasteiger partial charge in [0.05, 0.1) is 34.7 Å². The number of anilines is 1. The normalized spacial score (nSPS) is 22.7. The average molecular weight is 437 g/mol. The van der Waals surface area contributed by atoms with Gasteiger partial charge in [-0.05, 0) is 50.0 Å². The number of para-hydroxylation sites is 1. The fraction of sp³-hybridized carbons (Fsp3) is 0.375. The van der Waals surface area contributed by atoms with Crippen LogP contribution in [-0.2, 0) is 11.3 Å². The molecule has 1 aliphatic carbocycles. The lowest BCUT2D eigenvalue weighted by Crippen LogP contribution is -2.32. The number of nitrogens with one attached hydrogen (secondary N) is 1. The second-order valence-corrected chi connectivity index (χ2v) is 8.73. The number of ether oxygens (including phenoxy) is 1. The molecule has 1 aromatic heterocycles. The van der Waals surface area contributed by atoms with E-state index in [2.05, 4.69) is 15.2 Å². The number of allylic oxidation sites excluding steroid dienone is 1. The fourth-order valence-corrected chi connectivity index (χ4v) is 4.93. The van der Waals surface area contributed by atoms with Crippen LogP contribution in [0.25, 0.3) is 11.8 Å². The van der Waals surface area contributed by atoms with E-state index in [0.717, 1.165) is 59.1 Å². The van der Waals surface area contributed by atoms with Crippen molar-refractivity contribution in [2.24, 2.45) is 16.1 Å². The summed E-state index contributed by atoms with van der Waals surface area (Å²) in [5, 5.41) is 11.5. The summed E-state index contributed by atoms with van der Waals surface area (Å²) in [5.41, 5.74) is 2.91. The Hall–Kier alpha value is -2.86. The van der Waals surface area contributed by atoms with E-state index < -0.39 is 0 Å².